The second-order valence-electron chi connectivity index (χ2n) is 6.50. The van der Waals surface area contributed by atoms with Gasteiger partial charge in [-0.05, 0) is 19.3 Å². The van der Waals surface area contributed by atoms with Crippen molar-refractivity contribution in [3.63, 3.8) is 0 Å². The molecule has 1 aliphatic carbocycles. The van der Waals surface area contributed by atoms with E-state index in [1.165, 1.54) is 32.1 Å². The quantitative estimate of drug-likeness (QED) is 0.776. The molecule has 0 aromatic rings. The maximum absolute atomic E-state index is 12.1. The van der Waals surface area contributed by atoms with Crippen LogP contribution in [0.3, 0.4) is 0 Å². The molecule has 1 aliphatic heterocycles. The maximum atomic E-state index is 12.1. The number of rotatable bonds is 6. The normalized spacial score (nSPS) is 23.4. The smallest absolute Gasteiger partial charge is 0.236 e. The standard InChI is InChI=1S/C16H31N3O2.ClH/c1-2-6-14(17)15(20)18-13-16(7-4-3-5-8-16)19-9-11-21-12-10-19;/h14H,2-13,17H2,1H3,(H,18,20);1H. The number of hydrogen-bond acceptors (Lipinski definition) is 4. The number of ether oxygens (including phenoxy) is 1. The van der Waals surface area contributed by atoms with Gasteiger partial charge < -0.3 is 15.8 Å². The fourth-order valence-electron chi connectivity index (χ4n) is 3.68. The van der Waals surface area contributed by atoms with E-state index in [0.717, 1.165) is 45.7 Å². The molecule has 130 valence electrons. The second-order valence-corrected chi connectivity index (χ2v) is 6.50. The molecule has 0 spiro atoms. The number of morpholine rings is 1. The van der Waals surface area contributed by atoms with Gasteiger partial charge in [-0.2, -0.15) is 0 Å². The van der Waals surface area contributed by atoms with Crippen molar-refractivity contribution >= 4 is 18.3 Å². The summed E-state index contributed by atoms with van der Waals surface area (Å²) in [5.41, 5.74) is 6.05. The Morgan fingerprint density at radius 1 is 1.27 bits per heavy atom. The summed E-state index contributed by atoms with van der Waals surface area (Å²) in [4.78, 5) is 14.7. The molecule has 3 N–H and O–H groups in total. The van der Waals surface area contributed by atoms with Crippen molar-refractivity contribution in [2.75, 3.05) is 32.8 Å². The molecule has 2 rings (SSSR count). The van der Waals surface area contributed by atoms with Crippen LogP contribution in [0.5, 0.6) is 0 Å². The number of hydrogen-bond donors (Lipinski definition) is 2. The number of nitrogens with zero attached hydrogens (tertiary/aromatic N) is 1. The minimum atomic E-state index is -0.361. The average molecular weight is 334 g/mol. The molecule has 0 radical (unpaired) electrons. The first kappa shape index (κ1) is 19.7. The van der Waals surface area contributed by atoms with E-state index in [1.54, 1.807) is 0 Å². The van der Waals surface area contributed by atoms with E-state index < -0.39 is 0 Å². The van der Waals surface area contributed by atoms with Crippen molar-refractivity contribution in [2.24, 2.45) is 5.73 Å². The Bertz CT molecular complexity index is 329. The molecule has 6 heteroatoms. The fraction of sp³-hybridized carbons (Fsp3) is 0.938. The van der Waals surface area contributed by atoms with Crippen molar-refractivity contribution in [1.29, 1.82) is 0 Å². The Morgan fingerprint density at radius 2 is 1.91 bits per heavy atom. The molecule has 1 unspecified atom stereocenters. The van der Waals surface area contributed by atoms with E-state index in [0.29, 0.717) is 0 Å². The molecule has 1 saturated carbocycles. The Morgan fingerprint density at radius 3 is 2.50 bits per heavy atom. The molecular weight excluding hydrogens is 302 g/mol. The van der Waals surface area contributed by atoms with Gasteiger partial charge in [0, 0.05) is 25.2 Å². The highest BCUT2D eigenvalue weighted by atomic mass is 35.5. The van der Waals surface area contributed by atoms with Crippen LogP contribution in [0.4, 0.5) is 0 Å². The van der Waals surface area contributed by atoms with Gasteiger partial charge in [-0.1, -0.05) is 32.6 Å². The molecule has 1 saturated heterocycles. The topological polar surface area (TPSA) is 67.6 Å². The predicted molar refractivity (Wildman–Crippen MR) is 91.3 cm³/mol. The lowest BCUT2D eigenvalue weighted by Crippen LogP contribution is -2.60. The van der Waals surface area contributed by atoms with Gasteiger partial charge in [0.15, 0.2) is 0 Å². The number of carbonyl (C=O) groups is 1. The van der Waals surface area contributed by atoms with Crippen LogP contribution >= 0.6 is 12.4 Å². The largest absolute Gasteiger partial charge is 0.379 e. The second kappa shape index (κ2) is 9.71. The summed E-state index contributed by atoms with van der Waals surface area (Å²) in [5.74, 6) is 0.00931. The van der Waals surface area contributed by atoms with Gasteiger partial charge in [0.1, 0.15) is 0 Å². The molecule has 5 nitrogen and oxygen atoms in total. The zero-order valence-electron chi connectivity index (χ0n) is 13.8. The van der Waals surface area contributed by atoms with E-state index in [-0.39, 0.29) is 29.9 Å². The van der Waals surface area contributed by atoms with Crippen LogP contribution in [0.1, 0.15) is 51.9 Å². The molecular formula is C16H32ClN3O2. The third-order valence-electron chi connectivity index (χ3n) is 4.99. The van der Waals surface area contributed by atoms with Gasteiger partial charge >= 0.3 is 0 Å². The monoisotopic (exact) mass is 333 g/mol. The highest BCUT2D eigenvalue weighted by Gasteiger charge is 2.38. The van der Waals surface area contributed by atoms with Gasteiger partial charge in [0.2, 0.25) is 5.91 Å². The van der Waals surface area contributed by atoms with Crippen molar-refractivity contribution < 1.29 is 9.53 Å². The van der Waals surface area contributed by atoms with Crippen molar-refractivity contribution in [3.8, 4) is 0 Å². The van der Waals surface area contributed by atoms with E-state index in [9.17, 15) is 4.79 Å². The van der Waals surface area contributed by atoms with Crippen LogP contribution < -0.4 is 11.1 Å². The van der Waals surface area contributed by atoms with Gasteiger partial charge in [-0.3, -0.25) is 9.69 Å². The first-order valence-electron chi connectivity index (χ1n) is 8.54. The number of carbonyl (C=O) groups excluding carboxylic acids is 1. The third-order valence-corrected chi connectivity index (χ3v) is 4.99. The van der Waals surface area contributed by atoms with Gasteiger partial charge in [-0.15, -0.1) is 12.4 Å². The highest BCUT2D eigenvalue weighted by Crippen LogP contribution is 2.33. The summed E-state index contributed by atoms with van der Waals surface area (Å²) in [6.45, 7) is 6.39. The van der Waals surface area contributed by atoms with E-state index in [4.69, 9.17) is 10.5 Å². The minimum absolute atomic E-state index is 0. The number of halogens is 1. The third kappa shape index (κ3) is 5.08. The van der Waals surface area contributed by atoms with Crippen LogP contribution in [0.2, 0.25) is 0 Å². The lowest BCUT2D eigenvalue weighted by atomic mass is 9.79. The summed E-state index contributed by atoms with van der Waals surface area (Å²) >= 11 is 0. The maximum Gasteiger partial charge on any atom is 0.236 e. The van der Waals surface area contributed by atoms with E-state index >= 15 is 0 Å². The Labute approximate surface area is 140 Å². The molecule has 0 aromatic carbocycles. The molecule has 2 aliphatic rings. The van der Waals surface area contributed by atoms with Gasteiger partial charge in [-0.25, -0.2) is 0 Å². The summed E-state index contributed by atoms with van der Waals surface area (Å²) in [6.07, 6.45) is 7.89. The van der Waals surface area contributed by atoms with Crippen LogP contribution in [0, 0.1) is 0 Å². The van der Waals surface area contributed by atoms with E-state index in [1.807, 2.05) is 0 Å². The molecule has 1 heterocycles. The average Bonchev–Trinajstić information content (AvgIpc) is 2.54. The van der Waals surface area contributed by atoms with Crippen LogP contribution in [-0.2, 0) is 9.53 Å². The minimum Gasteiger partial charge on any atom is -0.379 e. The van der Waals surface area contributed by atoms with Crippen LogP contribution in [0.15, 0.2) is 0 Å². The molecule has 22 heavy (non-hydrogen) atoms. The molecule has 1 amide bonds. The number of amides is 1. The van der Waals surface area contributed by atoms with Crippen molar-refractivity contribution in [2.45, 2.75) is 63.5 Å². The van der Waals surface area contributed by atoms with Crippen molar-refractivity contribution in [3.05, 3.63) is 0 Å². The summed E-state index contributed by atoms with van der Waals surface area (Å²) in [6, 6.07) is -0.361. The summed E-state index contributed by atoms with van der Waals surface area (Å²) in [7, 11) is 0. The molecule has 0 bridgehead atoms. The summed E-state index contributed by atoms with van der Waals surface area (Å²) in [5, 5.41) is 3.13. The first-order valence-corrected chi connectivity index (χ1v) is 8.54. The van der Waals surface area contributed by atoms with Crippen molar-refractivity contribution in [1.82, 2.24) is 10.2 Å². The fourth-order valence-corrected chi connectivity index (χ4v) is 3.68. The molecule has 2 fully saturated rings. The zero-order valence-corrected chi connectivity index (χ0v) is 14.6. The Kier molecular flexibility index (Phi) is 8.69. The predicted octanol–water partition coefficient (Wildman–Crippen LogP) is 1.69. The van der Waals surface area contributed by atoms with E-state index in [2.05, 4.69) is 17.1 Å². The van der Waals surface area contributed by atoms with Crippen LogP contribution in [0.25, 0.3) is 0 Å². The number of nitrogens with two attached hydrogens (primary N) is 1. The lowest BCUT2D eigenvalue weighted by Gasteiger charge is -2.48. The SMILES string of the molecule is CCCC(N)C(=O)NCC1(N2CCOCC2)CCCCC1.Cl. The summed E-state index contributed by atoms with van der Waals surface area (Å²) < 4.78 is 5.48. The molecule has 0 aromatic heterocycles. The Hall–Kier alpha value is -0.360. The first-order chi connectivity index (χ1) is 10.2. The van der Waals surface area contributed by atoms with Crippen LogP contribution in [-0.4, -0.2) is 55.2 Å². The molecule has 1 atom stereocenters. The highest BCUT2D eigenvalue weighted by molar-refractivity contribution is 5.85. The zero-order chi connectivity index (χ0) is 15.1. The Balaban J connectivity index is 0.00000242. The lowest BCUT2D eigenvalue weighted by molar-refractivity contribution is -0.123. The van der Waals surface area contributed by atoms with Gasteiger partial charge in [0.05, 0.1) is 19.3 Å². The van der Waals surface area contributed by atoms with Gasteiger partial charge in [0.25, 0.3) is 0 Å². The number of nitrogens with one attached hydrogen (secondary N) is 1.